The number of thiazole rings is 1. The minimum absolute atomic E-state index is 0.177. The summed E-state index contributed by atoms with van der Waals surface area (Å²) >= 11 is 1.73. The third-order valence-electron chi connectivity index (χ3n) is 3.37. The van der Waals surface area contributed by atoms with E-state index in [1.54, 1.807) is 11.3 Å². The number of hydrogen-bond acceptors (Lipinski definition) is 5. The van der Waals surface area contributed by atoms with Gasteiger partial charge in [0, 0.05) is 42.8 Å². The molecule has 0 unspecified atom stereocenters. The second-order valence-corrected chi connectivity index (χ2v) is 6.34. The van der Waals surface area contributed by atoms with Crippen LogP contribution in [0.1, 0.15) is 24.5 Å². The van der Waals surface area contributed by atoms with Gasteiger partial charge in [0.2, 0.25) is 0 Å². The minimum Gasteiger partial charge on any atom is -0.379 e. The van der Waals surface area contributed by atoms with Gasteiger partial charge in [-0.2, -0.15) is 0 Å². The lowest BCUT2D eigenvalue weighted by molar-refractivity contribution is -0.00967. The first-order valence-electron chi connectivity index (χ1n) is 6.52. The number of ether oxygens (including phenoxy) is 1. The van der Waals surface area contributed by atoms with Crippen LogP contribution in [0.4, 0.5) is 0 Å². The van der Waals surface area contributed by atoms with Crippen LogP contribution in [0, 0.1) is 6.92 Å². The predicted molar refractivity (Wildman–Crippen MR) is 75.0 cm³/mol. The molecule has 0 atom stereocenters. The minimum atomic E-state index is 0.177. The summed E-state index contributed by atoms with van der Waals surface area (Å²) in [5.41, 5.74) is 1.29. The van der Waals surface area contributed by atoms with E-state index in [4.69, 9.17) is 4.74 Å². The number of aryl methyl sites for hydroxylation is 1. The zero-order valence-corrected chi connectivity index (χ0v) is 12.3. The Morgan fingerprint density at radius 3 is 2.78 bits per heavy atom. The van der Waals surface area contributed by atoms with Crippen LogP contribution in [0.2, 0.25) is 0 Å². The Labute approximate surface area is 113 Å². The van der Waals surface area contributed by atoms with Crippen molar-refractivity contribution >= 4 is 11.3 Å². The lowest BCUT2D eigenvalue weighted by Crippen LogP contribution is -2.54. The molecule has 1 fully saturated rings. The highest BCUT2D eigenvalue weighted by Gasteiger charge is 2.27. The van der Waals surface area contributed by atoms with Gasteiger partial charge in [-0.15, -0.1) is 11.3 Å². The van der Waals surface area contributed by atoms with Crippen molar-refractivity contribution in [3.05, 3.63) is 16.1 Å². The van der Waals surface area contributed by atoms with Crippen molar-refractivity contribution in [2.75, 3.05) is 32.8 Å². The van der Waals surface area contributed by atoms with Gasteiger partial charge in [0.25, 0.3) is 0 Å². The van der Waals surface area contributed by atoms with Crippen LogP contribution >= 0.6 is 11.3 Å². The van der Waals surface area contributed by atoms with Crippen LogP contribution in [0.3, 0.4) is 0 Å². The van der Waals surface area contributed by atoms with Gasteiger partial charge < -0.3 is 10.1 Å². The first kappa shape index (κ1) is 13.9. The highest BCUT2D eigenvalue weighted by molar-refractivity contribution is 7.09. The Bertz CT molecular complexity index is 372. The summed E-state index contributed by atoms with van der Waals surface area (Å²) in [6, 6.07) is 0. The quantitative estimate of drug-likeness (QED) is 0.882. The Balaban J connectivity index is 1.77. The molecule has 0 bridgehead atoms. The average molecular weight is 269 g/mol. The monoisotopic (exact) mass is 269 g/mol. The van der Waals surface area contributed by atoms with Crippen molar-refractivity contribution < 1.29 is 4.74 Å². The maximum atomic E-state index is 5.40. The highest BCUT2D eigenvalue weighted by Crippen LogP contribution is 2.15. The molecule has 1 saturated heterocycles. The number of hydrogen-bond donors (Lipinski definition) is 1. The van der Waals surface area contributed by atoms with Crippen LogP contribution in [-0.4, -0.2) is 48.3 Å². The molecule has 0 aliphatic carbocycles. The van der Waals surface area contributed by atoms with E-state index in [0.29, 0.717) is 0 Å². The number of nitrogens with one attached hydrogen (secondary N) is 1. The lowest BCUT2D eigenvalue weighted by Gasteiger charge is -2.41. The molecule has 1 aromatic heterocycles. The molecule has 0 saturated carbocycles. The summed E-state index contributed by atoms with van der Waals surface area (Å²) in [5.74, 6) is 0. The fourth-order valence-corrected chi connectivity index (χ4v) is 2.98. The zero-order chi connectivity index (χ0) is 13.0. The van der Waals surface area contributed by atoms with Crippen LogP contribution in [-0.2, 0) is 11.3 Å². The largest absolute Gasteiger partial charge is 0.379 e. The van der Waals surface area contributed by atoms with E-state index in [2.05, 4.69) is 34.4 Å². The molecule has 2 heterocycles. The smallest absolute Gasteiger partial charge is 0.107 e. The number of rotatable bonds is 5. The molecule has 102 valence electrons. The first-order chi connectivity index (χ1) is 8.58. The second-order valence-electron chi connectivity index (χ2n) is 5.40. The van der Waals surface area contributed by atoms with E-state index in [1.807, 2.05) is 6.92 Å². The second kappa shape index (κ2) is 6.10. The summed E-state index contributed by atoms with van der Waals surface area (Å²) in [4.78, 5) is 6.96. The summed E-state index contributed by atoms with van der Waals surface area (Å²) < 4.78 is 5.40. The van der Waals surface area contributed by atoms with Gasteiger partial charge in [0.15, 0.2) is 0 Å². The number of nitrogens with zero attached hydrogens (tertiary/aromatic N) is 2. The molecule has 1 aliphatic heterocycles. The fourth-order valence-electron chi connectivity index (χ4n) is 2.24. The lowest BCUT2D eigenvalue weighted by atomic mass is 10.0. The summed E-state index contributed by atoms with van der Waals surface area (Å²) in [6.07, 6.45) is 0. The number of aromatic nitrogens is 1. The van der Waals surface area contributed by atoms with Gasteiger partial charge in [-0.3, -0.25) is 4.90 Å². The molecule has 1 aliphatic rings. The normalized spacial score (nSPS) is 18.2. The van der Waals surface area contributed by atoms with Crippen molar-refractivity contribution in [1.29, 1.82) is 0 Å². The van der Waals surface area contributed by atoms with Crippen molar-refractivity contribution in [3.63, 3.8) is 0 Å². The van der Waals surface area contributed by atoms with Crippen molar-refractivity contribution in [2.24, 2.45) is 0 Å². The fraction of sp³-hybridized carbons (Fsp3) is 0.769. The van der Waals surface area contributed by atoms with Crippen molar-refractivity contribution in [2.45, 2.75) is 32.9 Å². The van der Waals surface area contributed by atoms with Gasteiger partial charge in [0.1, 0.15) is 5.01 Å². The Hall–Kier alpha value is -0.490. The molecule has 18 heavy (non-hydrogen) atoms. The van der Waals surface area contributed by atoms with Gasteiger partial charge in [-0.1, -0.05) is 0 Å². The zero-order valence-electron chi connectivity index (χ0n) is 11.5. The summed E-state index contributed by atoms with van der Waals surface area (Å²) in [6.45, 7) is 12.2. The van der Waals surface area contributed by atoms with Gasteiger partial charge in [-0.05, 0) is 20.8 Å². The third-order valence-corrected chi connectivity index (χ3v) is 4.33. The van der Waals surface area contributed by atoms with Crippen molar-refractivity contribution in [1.82, 2.24) is 15.2 Å². The Morgan fingerprint density at radius 2 is 2.17 bits per heavy atom. The highest BCUT2D eigenvalue weighted by atomic mass is 32.1. The van der Waals surface area contributed by atoms with Crippen LogP contribution in [0.5, 0.6) is 0 Å². The molecule has 0 aromatic carbocycles. The predicted octanol–water partition coefficient (Wildman–Crippen LogP) is 1.65. The van der Waals surface area contributed by atoms with E-state index in [-0.39, 0.29) is 5.54 Å². The molecule has 0 amide bonds. The molecule has 4 nitrogen and oxygen atoms in total. The van der Waals surface area contributed by atoms with Crippen LogP contribution in [0.15, 0.2) is 5.38 Å². The van der Waals surface area contributed by atoms with E-state index in [0.717, 1.165) is 45.1 Å². The summed E-state index contributed by atoms with van der Waals surface area (Å²) in [5, 5.41) is 6.79. The molecular formula is C13H23N3OS. The molecule has 5 heteroatoms. The van der Waals surface area contributed by atoms with E-state index in [1.165, 1.54) is 5.01 Å². The number of morpholine rings is 1. The van der Waals surface area contributed by atoms with Crippen LogP contribution < -0.4 is 5.32 Å². The maximum absolute atomic E-state index is 5.40. The van der Waals surface area contributed by atoms with Crippen molar-refractivity contribution in [3.8, 4) is 0 Å². The van der Waals surface area contributed by atoms with E-state index >= 15 is 0 Å². The average Bonchev–Trinajstić information content (AvgIpc) is 2.76. The molecule has 1 N–H and O–H groups in total. The SMILES string of the molecule is Cc1csc(CNCC(C)(C)N2CCOCC2)n1. The molecule has 1 aromatic rings. The molecular weight excluding hydrogens is 246 g/mol. The van der Waals surface area contributed by atoms with Gasteiger partial charge in [-0.25, -0.2) is 4.98 Å². The first-order valence-corrected chi connectivity index (χ1v) is 7.40. The standard InChI is InChI=1S/C13H23N3OS/c1-11-9-18-12(15-11)8-14-10-13(2,3)16-4-6-17-7-5-16/h9,14H,4-8,10H2,1-3H3. The van der Waals surface area contributed by atoms with Gasteiger partial charge >= 0.3 is 0 Å². The Kier molecular flexibility index (Phi) is 4.72. The maximum Gasteiger partial charge on any atom is 0.107 e. The third kappa shape index (κ3) is 3.75. The molecule has 2 rings (SSSR count). The van der Waals surface area contributed by atoms with E-state index < -0.39 is 0 Å². The van der Waals surface area contributed by atoms with Gasteiger partial charge in [0.05, 0.1) is 13.2 Å². The van der Waals surface area contributed by atoms with E-state index in [9.17, 15) is 0 Å². The topological polar surface area (TPSA) is 37.4 Å². The summed E-state index contributed by atoms with van der Waals surface area (Å²) in [7, 11) is 0. The van der Waals surface area contributed by atoms with Crippen LogP contribution in [0.25, 0.3) is 0 Å². The Morgan fingerprint density at radius 1 is 1.44 bits per heavy atom. The molecule has 0 spiro atoms. The molecule has 0 radical (unpaired) electrons.